The fourth-order valence-corrected chi connectivity index (χ4v) is 3.40. The Labute approximate surface area is 172 Å². The molecule has 0 aliphatic carbocycles. The molecule has 3 rings (SSSR count). The minimum atomic E-state index is 0.557. The van der Waals surface area contributed by atoms with E-state index in [4.69, 9.17) is 11.6 Å². The Morgan fingerprint density at radius 2 is 1.70 bits per heavy atom. The molecule has 0 saturated heterocycles. The van der Waals surface area contributed by atoms with E-state index in [1.165, 1.54) is 0 Å². The number of nitrogens with zero attached hydrogens (tertiary/aromatic N) is 3. The summed E-state index contributed by atoms with van der Waals surface area (Å²) in [4.78, 5) is 14.0. The van der Waals surface area contributed by atoms with Gasteiger partial charge in [0.1, 0.15) is 0 Å². The van der Waals surface area contributed by atoms with Crippen LogP contribution < -0.4 is 0 Å². The highest BCUT2D eigenvalue weighted by Gasteiger charge is 2.13. The zero-order valence-corrected chi connectivity index (χ0v) is 17.1. The van der Waals surface area contributed by atoms with E-state index in [2.05, 4.69) is 37.5 Å². The Morgan fingerprint density at radius 1 is 1.00 bits per heavy atom. The summed E-state index contributed by atoms with van der Waals surface area (Å²) < 4.78 is 0.864. The number of aromatic nitrogens is 3. The van der Waals surface area contributed by atoms with Crippen molar-refractivity contribution in [2.45, 2.75) is 6.92 Å². The summed E-state index contributed by atoms with van der Waals surface area (Å²) >= 11 is 9.70. The Balaban J connectivity index is 2.25. The smallest absolute Gasteiger partial charge is 0.164 e. The lowest BCUT2D eigenvalue weighted by atomic mass is 10.1. The average Bonchev–Trinajstić information content (AvgIpc) is 2.67. The van der Waals surface area contributed by atoms with Crippen LogP contribution in [0.4, 0.5) is 0 Å². The highest BCUT2D eigenvalue weighted by atomic mass is 79.9. The largest absolute Gasteiger partial charge is 0.208 e. The second-order valence-corrected chi connectivity index (χ2v) is 7.04. The normalized spacial score (nSPS) is 11.7. The molecule has 0 aliphatic rings. The van der Waals surface area contributed by atoms with Gasteiger partial charge in [-0.2, -0.15) is 0 Å². The molecule has 3 aromatic rings. The fraction of sp³-hybridized carbons (Fsp3) is 0.0455. The first kappa shape index (κ1) is 19.2. The second kappa shape index (κ2) is 8.89. The van der Waals surface area contributed by atoms with Crippen LogP contribution in [0.3, 0.4) is 0 Å². The van der Waals surface area contributed by atoms with Crippen molar-refractivity contribution in [1.29, 1.82) is 0 Å². The van der Waals surface area contributed by atoms with Crippen molar-refractivity contribution in [3.63, 3.8) is 0 Å². The Bertz CT molecular complexity index is 1010. The van der Waals surface area contributed by atoms with E-state index in [9.17, 15) is 0 Å². The Kier molecular flexibility index (Phi) is 6.32. The molecule has 5 heteroatoms. The third-order valence-electron chi connectivity index (χ3n) is 3.69. The van der Waals surface area contributed by atoms with Gasteiger partial charge in [0, 0.05) is 26.2 Å². The van der Waals surface area contributed by atoms with Gasteiger partial charge in [-0.25, -0.2) is 15.0 Å². The number of hydrogen-bond donors (Lipinski definition) is 0. The quantitative estimate of drug-likeness (QED) is 0.413. The van der Waals surface area contributed by atoms with Crippen LogP contribution in [-0.2, 0) is 0 Å². The standard InChI is InChI=1S/C22H17BrClN3/c1-3-8-15(9-4-2)20-25-21(16-10-6-5-7-11-16)27-22(26-20)17-12-18(23)14-19(24)13-17/h3-14H,1H2,2H3/b9-4-,15-8+. The summed E-state index contributed by atoms with van der Waals surface area (Å²) in [6, 6.07) is 15.4. The van der Waals surface area contributed by atoms with E-state index in [0.29, 0.717) is 22.5 Å². The molecule has 1 aromatic heterocycles. The lowest BCUT2D eigenvalue weighted by Gasteiger charge is -2.09. The minimum Gasteiger partial charge on any atom is -0.208 e. The van der Waals surface area contributed by atoms with Crippen LogP contribution in [0.15, 0.2) is 83.9 Å². The van der Waals surface area contributed by atoms with Crippen LogP contribution in [0.2, 0.25) is 5.02 Å². The molecule has 0 spiro atoms. The van der Waals surface area contributed by atoms with Crippen molar-refractivity contribution in [2.75, 3.05) is 0 Å². The van der Waals surface area contributed by atoms with Gasteiger partial charge in [-0.3, -0.25) is 0 Å². The second-order valence-electron chi connectivity index (χ2n) is 5.69. The van der Waals surface area contributed by atoms with Crippen LogP contribution in [0.25, 0.3) is 28.3 Å². The van der Waals surface area contributed by atoms with Gasteiger partial charge in [-0.15, -0.1) is 0 Å². The van der Waals surface area contributed by atoms with E-state index in [1.807, 2.05) is 73.7 Å². The van der Waals surface area contributed by atoms with Gasteiger partial charge in [0.2, 0.25) is 0 Å². The molecular weight excluding hydrogens is 422 g/mol. The van der Waals surface area contributed by atoms with Crippen molar-refractivity contribution < 1.29 is 0 Å². The molecule has 134 valence electrons. The van der Waals surface area contributed by atoms with Gasteiger partial charge < -0.3 is 0 Å². The van der Waals surface area contributed by atoms with E-state index >= 15 is 0 Å². The van der Waals surface area contributed by atoms with Crippen LogP contribution >= 0.6 is 27.5 Å². The molecular formula is C22H17BrClN3. The van der Waals surface area contributed by atoms with Crippen molar-refractivity contribution in [2.24, 2.45) is 0 Å². The zero-order chi connectivity index (χ0) is 19.2. The predicted molar refractivity (Wildman–Crippen MR) is 116 cm³/mol. The number of benzene rings is 2. The van der Waals surface area contributed by atoms with Crippen molar-refractivity contribution in [3.8, 4) is 22.8 Å². The molecule has 0 atom stereocenters. The fourth-order valence-electron chi connectivity index (χ4n) is 2.54. The van der Waals surface area contributed by atoms with Crippen molar-refractivity contribution in [3.05, 3.63) is 94.7 Å². The highest BCUT2D eigenvalue weighted by molar-refractivity contribution is 9.10. The van der Waals surface area contributed by atoms with Crippen LogP contribution in [0.1, 0.15) is 12.7 Å². The maximum absolute atomic E-state index is 6.22. The van der Waals surface area contributed by atoms with Gasteiger partial charge >= 0.3 is 0 Å². The number of allylic oxidation sites excluding steroid dienone is 5. The molecule has 0 bridgehead atoms. The molecule has 1 heterocycles. The molecule has 0 radical (unpaired) electrons. The maximum atomic E-state index is 6.22. The SMILES string of the molecule is C=C/C=C(\C=C/C)c1nc(-c2ccccc2)nc(-c2cc(Cl)cc(Br)c2)n1. The van der Waals surface area contributed by atoms with Crippen LogP contribution in [0.5, 0.6) is 0 Å². The first-order valence-electron chi connectivity index (χ1n) is 8.34. The van der Waals surface area contributed by atoms with Gasteiger partial charge in [0.05, 0.1) is 0 Å². The van der Waals surface area contributed by atoms with Crippen molar-refractivity contribution in [1.82, 2.24) is 15.0 Å². The molecule has 0 saturated carbocycles. The average molecular weight is 439 g/mol. The Morgan fingerprint density at radius 3 is 2.33 bits per heavy atom. The lowest BCUT2D eigenvalue weighted by molar-refractivity contribution is 1.04. The van der Waals surface area contributed by atoms with E-state index in [-0.39, 0.29) is 0 Å². The maximum Gasteiger partial charge on any atom is 0.164 e. The molecule has 0 amide bonds. The molecule has 0 aliphatic heterocycles. The molecule has 2 aromatic carbocycles. The molecule has 3 nitrogen and oxygen atoms in total. The van der Waals surface area contributed by atoms with Crippen LogP contribution in [0, 0.1) is 0 Å². The molecule has 0 fully saturated rings. The zero-order valence-electron chi connectivity index (χ0n) is 14.7. The summed E-state index contributed by atoms with van der Waals surface area (Å²) in [5.41, 5.74) is 2.59. The summed E-state index contributed by atoms with van der Waals surface area (Å²) in [6.45, 7) is 5.74. The summed E-state index contributed by atoms with van der Waals surface area (Å²) in [7, 11) is 0. The summed E-state index contributed by atoms with van der Waals surface area (Å²) in [5, 5.41) is 0.609. The lowest BCUT2D eigenvalue weighted by Crippen LogP contribution is -2.02. The van der Waals surface area contributed by atoms with E-state index in [0.717, 1.165) is 21.2 Å². The number of halogens is 2. The third-order valence-corrected chi connectivity index (χ3v) is 4.37. The van der Waals surface area contributed by atoms with E-state index < -0.39 is 0 Å². The van der Waals surface area contributed by atoms with E-state index in [1.54, 1.807) is 6.08 Å². The summed E-state index contributed by atoms with van der Waals surface area (Å²) in [5.74, 6) is 1.74. The van der Waals surface area contributed by atoms with Gasteiger partial charge in [0.15, 0.2) is 17.5 Å². The Hall–Kier alpha value is -2.56. The third kappa shape index (κ3) is 4.79. The predicted octanol–water partition coefficient (Wildman–Crippen LogP) is 6.77. The molecule has 27 heavy (non-hydrogen) atoms. The van der Waals surface area contributed by atoms with Gasteiger partial charge in [0.25, 0.3) is 0 Å². The monoisotopic (exact) mass is 437 g/mol. The first-order chi connectivity index (χ1) is 13.1. The van der Waals surface area contributed by atoms with Gasteiger partial charge in [-0.05, 0) is 25.1 Å². The van der Waals surface area contributed by atoms with Gasteiger partial charge in [-0.1, -0.05) is 88.7 Å². The molecule has 0 unspecified atom stereocenters. The number of rotatable bonds is 5. The minimum absolute atomic E-state index is 0.557. The van der Waals surface area contributed by atoms with Crippen LogP contribution in [-0.4, -0.2) is 15.0 Å². The van der Waals surface area contributed by atoms with Crippen molar-refractivity contribution >= 4 is 33.1 Å². The topological polar surface area (TPSA) is 38.7 Å². The highest BCUT2D eigenvalue weighted by Crippen LogP contribution is 2.28. The first-order valence-corrected chi connectivity index (χ1v) is 9.51. The number of hydrogen-bond acceptors (Lipinski definition) is 3. The molecule has 0 N–H and O–H groups in total. The summed E-state index contributed by atoms with van der Waals surface area (Å²) in [6.07, 6.45) is 7.49.